The zero-order valence-corrected chi connectivity index (χ0v) is 6.56. The fourth-order valence-electron chi connectivity index (χ4n) is 2.43. The molecule has 3 N–H and O–H groups in total. The highest BCUT2D eigenvalue weighted by atomic mass is 15.0. The molecule has 2 aliphatic heterocycles. The van der Waals surface area contributed by atoms with Crippen LogP contribution in [-0.4, -0.2) is 17.6 Å². The van der Waals surface area contributed by atoms with Gasteiger partial charge >= 0.3 is 0 Å². The van der Waals surface area contributed by atoms with Crippen molar-refractivity contribution in [2.24, 2.45) is 5.73 Å². The van der Waals surface area contributed by atoms with Crippen LogP contribution in [0.3, 0.4) is 0 Å². The molecular weight excluding hydrogens is 124 g/mol. The van der Waals surface area contributed by atoms with Gasteiger partial charge in [-0.25, -0.2) is 0 Å². The van der Waals surface area contributed by atoms with Crippen LogP contribution in [0, 0.1) is 0 Å². The Labute approximate surface area is 62.2 Å². The number of hydrogen-bond donors (Lipinski definition) is 2. The molecule has 2 fully saturated rings. The highest BCUT2D eigenvalue weighted by molar-refractivity contribution is 4.99. The summed E-state index contributed by atoms with van der Waals surface area (Å²) in [6.45, 7) is 2.18. The Morgan fingerprint density at radius 3 is 2.30 bits per heavy atom. The van der Waals surface area contributed by atoms with Crippen LogP contribution in [0.4, 0.5) is 0 Å². The summed E-state index contributed by atoms with van der Waals surface area (Å²) in [6, 6.07) is 1.46. The maximum Gasteiger partial charge on any atom is 0.0155 e. The molecule has 2 unspecified atom stereocenters. The second-order valence-corrected chi connectivity index (χ2v) is 4.20. The number of rotatable bonds is 0. The van der Waals surface area contributed by atoms with Crippen LogP contribution >= 0.6 is 0 Å². The summed E-state index contributed by atoms with van der Waals surface area (Å²) < 4.78 is 0. The Morgan fingerprint density at radius 1 is 1.30 bits per heavy atom. The molecule has 0 aromatic heterocycles. The summed E-state index contributed by atoms with van der Waals surface area (Å²) in [6.07, 6.45) is 5.03. The van der Waals surface area contributed by atoms with Gasteiger partial charge in [-0.15, -0.1) is 0 Å². The second-order valence-electron chi connectivity index (χ2n) is 4.20. The first-order valence-corrected chi connectivity index (χ1v) is 4.21. The number of hydrogen-bond acceptors (Lipinski definition) is 2. The first-order valence-electron chi connectivity index (χ1n) is 4.21. The summed E-state index contributed by atoms with van der Waals surface area (Å²) in [5.74, 6) is 0. The van der Waals surface area contributed by atoms with E-state index in [0.717, 1.165) is 12.1 Å². The van der Waals surface area contributed by atoms with Crippen molar-refractivity contribution in [2.75, 3.05) is 0 Å². The zero-order chi connectivity index (χ0) is 7.19. The lowest BCUT2D eigenvalue weighted by Crippen LogP contribution is -2.51. The van der Waals surface area contributed by atoms with Crippen LogP contribution in [0.15, 0.2) is 0 Å². The lowest BCUT2D eigenvalue weighted by molar-refractivity contribution is 0.272. The van der Waals surface area contributed by atoms with Crippen LogP contribution in [-0.2, 0) is 0 Å². The first-order chi connectivity index (χ1) is 4.66. The average Bonchev–Trinajstić information content (AvgIpc) is 2.08. The largest absolute Gasteiger partial charge is 0.325 e. The van der Waals surface area contributed by atoms with Gasteiger partial charge in [-0.05, 0) is 32.6 Å². The van der Waals surface area contributed by atoms with Gasteiger partial charge in [0.15, 0.2) is 0 Å². The molecule has 2 heteroatoms. The van der Waals surface area contributed by atoms with E-state index >= 15 is 0 Å². The average molecular weight is 140 g/mol. The molecule has 10 heavy (non-hydrogen) atoms. The lowest BCUT2D eigenvalue weighted by atomic mass is 9.87. The minimum absolute atomic E-state index is 0.122. The van der Waals surface area contributed by atoms with Crippen molar-refractivity contribution in [3.63, 3.8) is 0 Å². The molecular formula is C8H16N2. The van der Waals surface area contributed by atoms with E-state index in [2.05, 4.69) is 12.2 Å². The van der Waals surface area contributed by atoms with Crippen LogP contribution in [0.1, 0.15) is 32.6 Å². The molecule has 0 saturated carbocycles. The summed E-state index contributed by atoms with van der Waals surface area (Å²) in [5.41, 5.74) is 6.18. The lowest BCUT2D eigenvalue weighted by Gasteiger charge is -2.35. The summed E-state index contributed by atoms with van der Waals surface area (Å²) in [7, 11) is 0. The minimum atomic E-state index is 0.122. The molecule has 58 valence electrons. The monoisotopic (exact) mass is 140 g/mol. The van der Waals surface area contributed by atoms with E-state index in [1.165, 1.54) is 25.7 Å². The summed E-state index contributed by atoms with van der Waals surface area (Å²) in [4.78, 5) is 0. The predicted molar refractivity (Wildman–Crippen MR) is 41.8 cm³/mol. The van der Waals surface area contributed by atoms with E-state index in [9.17, 15) is 0 Å². The van der Waals surface area contributed by atoms with E-state index in [4.69, 9.17) is 5.73 Å². The van der Waals surface area contributed by atoms with E-state index < -0.39 is 0 Å². The van der Waals surface area contributed by atoms with E-state index in [0.29, 0.717) is 0 Å². The molecule has 2 heterocycles. The highest BCUT2D eigenvalue weighted by Gasteiger charge is 2.37. The third-order valence-electron chi connectivity index (χ3n) is 2.76. The Hall–Kier alpha value is -0.0800. The topological polar surface area (TPSA) is 38.0 Å². The Morgan fingerprint density at radius 2 is 1.80 bits per heavy atom. The molecule has 0 radical (unpaired) electrons. The molecule has 0 aliphatic carbocycles. The van der Waals surface area contributed by atoms with Gasteiger partial charge in [-0.1, -0.05) is 0 Å². The van der Waals surface area contributed by atoms with Crippen molar-refractivity contribution in [1.29, 1.82) is 0 Å². The molecule has 0 amide bonds. The molecule has 2 aliphatic rings. The SMILES string of the molecule is CC1(N)CC2CCC(C1)N2. The van der Waals surface area contributed by atoms with E-state index in [1.54, 1.807) is 0 Å². The normalized spacial score (nSPS) is 53.4. The molecule has 2 rings (SSSR count). The van der Waals surface area contributed by atoms with Gasteiger partial charge in [0.25, 0.3) is 0 Å². The summed E-state index contributed by atoms with van der Waals surface area (Å²) in [5, 5.41) is 3.57. The Balaban J connectivity index is 2.09. The number of fused-ring (bicyclic) bond motifs is 2. The maximum atomic E-state index is 6.06. The minimum Gasteiger partial charge on any atom is -0.325 e. The fraction of sp³-hybridized carbons (Fsp3) is 1.00. The van der Waals surface area contributed by atoms with Crippen molar-refractivity contribution in [1.82, 2.24) is 5.32 Å². The van der Waals surface area contributed by atoms with Crippen molar-refractivity contribution < 1.29 is 0 Å². The van der Waals surface area contributed by atoms with E-state index in [-0.39, 0.29) is 5.54 Å². The molecule has 0 spiro atoms. The molecule has 2 saturated heterocycles. The van der Waals surface area contributed by atoms with Gasteiger partial charge < -0.3 is 11.1 Å². The van der Waals surface area contributed by atoms with Crippen molar-refractivity contribution in [2.45, 2.75) is 50.2 Å². The number of nitrogens with two attached hydrogens (primary N) is 1. The Bertz CT molecular complexity index is 128. The van der Waals surface area contributed by atoms with Gasteiger partial charge in [0.1, 0.15) is 0 Å². The van der Waals surface area contributed by atoms with Crippen LogP contribution in [0.5, 0.6) is 0 Å². The quantitative estimate of drug-likeness (QED) is 0.517. The van der Waals surface area contributed by atoms with Crippen LogP contribution in [0.2, 0.25) is 0 Å². The van der Waals surface area contributed by atoms with Gasteiger partial charge in [0.2, 0.25) is 0 Å². The fourth-order valence-corrected chi connectivity index (χ4v) is 2.43. The first kappa shape index (κ1) is 6.62. The molecule has 2 bridgehead atoms. The number of piperidine rings is 1. The molecule has 0 aromatic rings. The van der Waals surface area contributed by atoms with Crippen LogP contribution < -0.4 is 11.1 Å². The third kappa shape index (κ3) is 1.06. The zero-order valence-electron chi connectivity index (χ0n) is 6.56. The standard InChI is InChI=1S/C8H16N2/c1-8(9)4-6-2-3-7(5-8)10-6/h6-7,10H,2-5,9H2,1H3. The molecule has 0 aromatic carbocycles. The smallest absolute Gasteiger partial charge is 0.0155 e. The Kier molecular flexibility index (Phi) is 1.29. The number of nitrogens with one attached hydrogen (secondary N) is 1. The van der Waals surface area contributed by atoms with Crippen LogP contribution in [0.25, 0.3) is 0 Å². The van der Waals surface area contributed by atoms with Crippen molar-refractivity contribution >= 4 is 0 Å². The van der Waals surface area contributed by atoms with E-state index in [1.807, 2.05) is 0 Å². The molecule has 2 nitrogen and oxygen atoms in total. The van der Waals surface area contributed by atoms with Crippen molar-refractivity contribution in [3.05, 3.63) is 0 Å². The van der Waals surface area contributed by atoms with Gasteiger partial charge in [-0.3, -0.25) is 0 Å². The second kappa shape index (κ2) is 1.95. The summed E-state index contributed by atoms with van der Waals surface area (Å²) >= 11 is 0. The van der Waals surface area contributed by atoms with Gasteiger partial charge in [0.05, 0.1) is 0 Å². The van der Waals surface area contributed by atoms with Gasteiger partial charge in [0, 0.05) is 17.6 Å². The third-order valence-corrected chi connectivity index (χ3v) is 2.76. The highest BCUT2D eigenvalue weighted by Crippen LogP contribution is 2.31. The van der Waals surface area contributed by atoms with Crippen molar-refractivity contribution in [3.8, 4) is 0 Å². The van der Waals surface area contributed by atoms with Gasteiger partial charge in [-0.2, -0.15) is 0 Å². The predicted octanol–water partition coefficient (Wildman–Crippen LogP) is 0.618. The maximum absolute atomic E-state index is 6.06. The molecule has 2 atom stereocenters.